The van der Waals surface area contributed by atoms with Crippen LogP contribution >= 0.6 is 11.8 Å². The molecule has 3 amide bonds. The Kier molecular flexibility index (Phi) is 6.85. The zero-order valence-corrected chi connectivity index (χ0v) is 21.1. The maximum Gasteiger partial charge on any atom is 0.335 e. The minimum atomic E-state index is -0.999. The SMILES string of the molecule is Cc1cccc(NC(=O)CN2C(=O)S/C(=C/c3cc(C)n(-c4ccc(C(=O)O)cc4)c3C)C2=O)c1C. The van der Waals surface area contributed by atoms with Gasteiger partial charge in [-0.3, -0.25) is 19.3 Å². The van der Waals surface area contributed by atoms with E-state index in [1.165, 1.54) is 12.1 Å². The summed E-state index contributed by atoms with van der Waals surface area (Å²) in [5.74, 6) is -1.96. The van der Waals surface area contributed by atoms with Gasteiger partial charge in [0, 0.05) is 22.8 Å². The Hall–Kier alpha value is -4.11. The van der Waals surface area contributed by atoms with Crippen LogP contribution in [0.2, 0.25) is 0 Å². The van der Waals surface area contributed by atoms with Gasteiger partial charge in [0.05, 0.1) is 10.5 Å². The van der Waals surface area contributed by atoms with E-state index in [0.29, 0.717) is 5.69 Å². The standard InChI is InChI=1S/C27H25N3O5S/c1-15-6-5-7-22(17(15)3)28-24(31)14-29-25(32)23(36-27(29)35)13-20-12-16(2)30(18(20)4)21-10-8-19(9-11-21)26(33)34/h5-13H,14H2,1-4H3,(H,28,31)(H,33,34)/b23-13+. The monoisotopic (exact) mass is 503 g/mol. The first-order chi connectivity index (χ1) is 17.1. The highest BCUT2D eigenvalue weighted by Gasteiger charge is 2.36. The number of carbonyl (C=O) groups excluding carboxylic acids is 3. The van der Waals surface area contributed by atoms with Gasteiger partial charge in [-0.15, -0.1) is 0 Å². The van der Waals surface area contributed by atoms with Gasteiger partial charge in [-0.1, -0.05) is 12.1 Å². The maximum atomic E-state index is 13.0. The Balaban J connectivity index is 1.53. The molecular formula is C27H25N3O5S. The van der Waals surface area contributed by atoms with Crippen LogP contribution in [-0.2, 0) is 9.59 Å². The number of hydrogen-bond acceptors (Lipinski definition) is 5. The van der Waals surface area contributed by atoms with Crippen molar-refractivity contribution < 1.29 is 24.3 Å². The zero-order chi connectivity index (χ0) is 26.1. The Morgan fingerprint density at radius 1 is 1.03 bits per heavy atom. The first kappa shape index (κ1) is 25.0. The van der Waals surface area contributed by atoms with E-state index >= 15 is 0 Å². The molecule has 3 aromatic rings. The van der Waals surface area contributed by atoms with Crippen LogP contribution in [0.25, 0.3) is 11.8 Å². The van der Waals surface area contributed by atoms with Crippen LogP contribution in [-0.4, -0.2) is 44.1 Å². The van der Waals surface area contributed by atoms with Crippen LogP contribution in [0, 0.1) is 27.7 Å². The number of hydrogen-bond donors (Lipinski definition) is 2. The van der Waals surface area contributed by atoms with Gasteiger partial charge in [-0.25, -0.2) is 4.79 Å². The van der Waals surface area contributed by atoms with Gasteiger partial charge in [0.15, 0.2) is 0 Å². The highest BCUT2D eigenvalue weighted by molar-refractivity contribution is 8.18. The molecule has 2 heterocycles. The third kappa shape index (κ3) is 4.83. The summed E-state index contributed by atoms with van der Waals surface area (Å²) in [7, 11) is 0. The maximum absolute atomic E-state index is 13.0. The lowest BCUT2D eigenvalue weighted by atomic mass is 10.1. The van der Waals surface area contributed by atoms with Crippen molar-refractivity contribution in [2.24, 2.45) is 0 Å². The lowest BCUT2D eigenvalue weighted by Crippen LogP contribution is -2.36. The molecule has 0 bridgehead atoms. The number of carboxylic acids is 1. The number of imide groups is 1. The molecule has 0 saturated carbocycles. The first-order valence-electron chi connectivity index (χ1n) is 11.2. The molecule has 0 aliphatic carbocycles. The summed E-state index contributed by atoms with van der Waals surface area (Å²) in [6, 6.07) is 13.9. The predicted molar refractivity (Wildman–Crippen MR) is 139 cm³/mol. The van der Waals surface area contributed by atoms with E-state index in [9.17, 15) is 19.2 Å². The number of rotatable bonds is 6. The number of aryl methyl sites for hydroxylation is 2. The summed E-state index contributed by atoms with van der Waals surface area (Å²) in [4.78, 5) is 50.4. The Morgan fingerprint density at radius 2 is 1.72 bits per heavy atom. The number of nitrogens with zero attached hydrogens (tertiary/aromatic N) is 2. The van der Waals surface area contributed by atoms with Crippen LogP contribution in [0.15, 0.2) is 53.4 Å². The van der Waals surface area contributed by atoms with Gasteiger partial charge in [-0.05, 0) is 98.6 Å². The molecule has 2 N–H and O–H groups in total. The summed E-state index contributed by atoms with van der Waals surface area (Å²) >= 11 is 0.799. The summed E-state index contributed by atoms with van der Waals surface area (Å²) < 4.78 is 1.94. The number of benzene rings is 2. The van der Waals surface area contributed by atoms with Gasteiger partial charge in [0.25, 0.3) is 11.1 Å². The fraction of sp³-hybridized carbons (Fsp3) is 0.185. The topological polar surface area (TPSA) is 109 Å². The normalized spacial score (nSPS) is 14.6. The van der Waals surface area contributed by atoms with Gasteiger partial charge in [0.1, 0.15) is 6.54 Å². The fourth-order valence-electron chi connectivity index (χ4n) is 4.08. The lowest BCUT2D eigenvalue weighted by Gasteiger charge is -2.14. The van der Waals surface area contributed by atoms with E-state index in [0.717, 1.165) is 50.4 Å². The average molecular weight is 504 g/mol. The first-order valence-corrected chi connectivity index (χ1v) is 12.0. The molecule has 9 heteroatoms. The van der Waals surface area contributed by atoms with Crippen LogP contribution in [0.1, 0.15) is 38.4 Å². The van der Waals surface area contributed by atoms with Gasteiger partial charge in [-0.2, -0.15) is 0 Å². The quantitative estimate of drug-likeness (QED) is 0.454. The van der Waals surface area contributed by atoms with Crippen molar-refractivity contribution >= 4 is 46.5 Å². The molecule has 4 rings (SSSR count). The summed E-state index contributed by atoms with van der Waals surface area (Å²) in [5.41, 5.74) is 6.03. The van der Waals surface area contributed by atoms with Crippen LogP contribution in [0.3, 0.4) is 0 Å². The third-order valence-electron chi connectivity index (χ3n) is 6.18. The molecule has 2 aromatic carbocycles. The number of amides is 3. The van der Waals surface area contributed by atoms with E-state index in [2.05, 4.69) is 5.32 Å². The molecule has 0 unspecified atom stereocenters. The largest absolute Gasteiger partial charge is 0.478 e. The Bertz CT molecular complexity index is 1440. The van der Waals surface area contributed by atoms with Crippen LogP contribution in [0.5, 0.6) is 0 Å². The third-order valence-corrected chi connectivity index (χ3v) is 7.09. The summed E-state index contributed by atoms with van der Waals surface area (Å²) in [5, 5.41) is 11.4. The smallest absolute Gasteiger partial charge is 0.335 e. The van der Waals surface area contributed by atoms with E-state index in [1.807, 2.05) is 50.5 Å². The molecular weight excluding hydrogens is 478 g/mol. The van der Waals surface area contributed by atoms with Gasteiger partial charge in [0.2, 0.25) is 5.91 Å². The number of nitrogens with one attached hydrogen (secondary N) is 1. The molecule has 1 aliphatic rings. The number of aromatic nitrogens is 1. The highest BCUT2D eigenvalue weighted by Crippen LogP contribution is 2.34. The van der Waals surface area contributed by atoms with Gasteiger partial charge >= 0.3 is 5.97 Å². The van der Waals surface area contributed by atoms with Crippen molar-refractivity contribution in [1.29, 1.82) is 0 Å². The van der Waals surface area contributed by atoms with Crippen molar-refractivity contribution in [3.8, 4) is 5.69 Å². The second kappa shape index (κ2) is 9.87. The molecule has 36 heavy (non-hydrogen) atoms. The number of anilines is 1. The summed E-state index contributed by atoms with van der Waals surface area (Å²) in [6.07, 6.45) is 1.65. The number of thioether (sulfide) groups is 1. The number of carboxylic acid groups (broad SMARTS) is 1. The molecule has 0 radical (unpaired) electrons. The number of aromatic carboxylic acids is 1. The van der Waals surface area contributed by atoms with Gasteiger partial charge < -0.3 is 15.0 Å². The van der Waals surface area contributed by atoms with Crippen molar-refractivity contribution in [1.82, 2.24) is 9.47 Å². The van der Waals surface area contributed by atoms with E-state index < -0.39 is 23.0 Å². The second-order valence-electron chi connectivity index (χ2n) is 8.58. The van der Waals surface area contributed by atoms with Crippen molar-refractivity contribution in [3.63, 3.8) is 0 Å². The van der Waals surface area contributed by atoms with Crippen LogP contribution < -0.4 is 5.32 Å². The van der Waals surface area contributed by atoms with E-state index in [4.69, 9.17) is 5.11 Å². The second-order valence-corrected chi connectivity index (χ2v) is 9.57. The number of carbonyl (C=O) groups is 4. The predicted octanol–water partition coefficient (Wildman–Crippen LogP) is 5.08. The highest BCUT2D eigenvalue weighted by atomic mass is 32.2. The molecule has 0 atom stereocenters. The summed E-state index contributed by atoms with van der Waals surface area (Å²) in [6.45, 7) is 7.24. The Morgan fingerprint density at radius 3 is 2.39 bits per heavy atom. The molecule has 1 aliphatic heterocycles. The van der Waals surface area contributed by atoms with E-state index in [-0.39, 0.29) is 17.0 Å². The molecule has 0 spiro atoms. The molecule has 1 aromatic heterocycles. The molecule has 8 nitrogen and oxygen atoms in total. The molecule has 1 saturated heterocycles. The average Bonchev–Trinajstić information content (AvgIpc) is 3.26. The fourth-order valence-corrected chi connectivity index (χ4v) is 4.91. The zero-order valence-electron chi connectivity index (χ0n) is 20.3. The van der Waals surface area contributed by atoms with Crippen molar-refractivity contribution in [2.75, 3.05) is 11.9 Å². The minimum Gasteiger partial charge on any atom is -0.478 e. The minimum absolute atomic E-state index is 0.191. The van der Waals surface area contributed by atoms with Crippen LogP contribution in [0.4, 0.5) is 10.5 Å². The molecule has 184 valence electrons. The van der Waals surface area contributed by atoms with Crippen molar-refractivity contribution in [2.45, 2.75) is 27.7 Å². The van der Waals surface area contributed by atoms with E-state index in [1.54, 1.807) is 24.3 Å². The Labute approximate surface area is 212 Å². The molecule has 1 fully saturated rings. The lowest BCUT2D eigenvalue weighted by molar-refractivity contribution is -0.127. The van der Waals surface area contributed by atoms with Crippen molar-refractivity contribution in [3.05, 3.63) is 87.1 Å².